The van der Waals surface area contributed by atoms with Crippen molar-refractivity contribution >= 4 is 11.9 Å². The van der Waals surface area contributed by atoms with Gasteiger partial charge in [0, 0.05) is 12.2 Å². The van der Waals surface area contributed by atoms with Crippen molar-refractivity contribution in [2.24, 2.45) is 0 Å². The van der Waals surface area contributed by atoms with Gasteiger partial charge in [-0.3, -0.25) is 9.48 Å². The summed E-state index contributed by atoms with van der Waals surface area (Å²) in [7, 11) is 0. The zero-order chi connectivity index (χ0) is 16.3. The molecule has 0 N–H and O–H groups in total. The second kappa shape index (κ2) is 6.30. The number of hydrogen-bond acceptors (Lipinski definition) is 2. The number of hydrogen-bond donors (Lipinski definition) is 0. The van der Waals surface area contributed by atoms with Gasteiger partial charge in [-0.15, -0.1) is 0 Å². The number of ketones is 1. The molecule has 116 valence electrons. The number of aromatic nitrogens is 2. The smallest absolute Gasteiger partial charge is 0.189 e. The Morgan fingerprint density at radius 2 is 1.82 bits per heavy atom. The Hall–Kier alpha value is -2.16. The van der Waals surface area contributed by atoms with Gasteiger partial charge < -0.3 is 0 Å². The summed E-state index contributed by atoms with van der Waals surface area (Å²) in [6.45, 7) is 10.6. The molecule has 0 saturated heterocycles. The fourth-order valence-corrected chi connectivity index (χ4v) is 2.11. The second-order valence-electron chi connectivity index (χ2n) is 6.87. The minimum Gasteiger partial charge on any atom is -0.289 e. The number of benzene rings is 1. The highest BCUT2D eigenvalue weighted by Crippen LogP contribution is 2.22. The molecular weight excluding hydrogens is 272 g/mol. The molecule has 1 heterocycles. The Labute approximate surface area is 132 Å². The van der Waals surface area contributed by atoms with Crippen molar-refractivity contribution in [3.63, 3.8) is 0 Å². The van der Waals surface area contributed by atoms with Crippen LogP contribution in [0.2, 0.25) is 0 Å². The largest absolute Gasteiger partial charge is 0.289 e. The van der Waals surface area contributed by atoms with Crippen LogP contribution >= 0.6 is 0 Å². The molecule has 22 heavy (non-hydrogen) atoms. The molecule has 1 aromatic carbocycles. The second-order valence-corrected chi connectivity index (χ2v) is 6.87. The average Bonchev–Trinajstić information content (AvgIpc) is 2.94. The minimum absolute atomic E-state index is 0.0215. The third-order valence-electron chi connectivity index (χ3n) is 3.62. The summed E-state index contributed by atoms with van der Waals surface area (Å²) in [6, 6.07) is 8.57. The molecule has 0 aliphatic heterocycles. The van der Waals surface area contributed by atoms with E-state index in [4.69, 9.17) is 0 Å². The summed E-state index contributed by atoms with van der Waals surface area (Å²) in [5, 5.41) is 4.19. The maximum Gasteiger partial charge on any atom is 0.189 e. The van der Waals surface area contributed by atoms with Crippen molar-refractivity contribution in [1.82, 2.24) is 9.78 Å². The molecule has 2 aromatic rings. The normalized spacial score (nSPS) is 12.3. The van der Waals surface area contributed by atoms with E-state index in [2.05, 4.69) is 38.0 Å². The standard InChI is InChI=1S/C19H24N2O/c1-14(2)21-13-16(12-20-21)18(22)11-8-15-6-9-17(10-7-15)19(3,4)5/h6-14H,1-5H3/b11-8-. The molecule has 0 aliphatic carbocycles. The Kier molecular flexibility index (Phi) is 4.65. The van der Waals surface area contributed by atoms with Crippen LogP contribution in [0, 0.1) is 0 Å². The maximum absolute atomic E-state index is 12.1. The van der Waals surface area contributed by atoms with Crippen LogP contribution in [-0.2, 0) is 5.41 Å². The van der Waals surface area contributed by atoms with Crippen LogP contribution in [0.25, 0.3) is 6.08 Å². The highest BCUT2D eigenvalue weighted by molar-refractivity contribution is 6.06. The van der Waals surface area contributed by atoms with E-state index in [1.165, 1.54) is 5.56 Å². The van der Waals surface area contributed by atoms with Crippen molar-refractivity contribution in [2.75, 3.05) is 0 Å². The van der Waals surface area contributed by atoms with E-state index in [9.17, 15) is 4.79 Å². The number of nitrogens with zero attached hydrogens (tertiary/aromatic N) is 2. The quantitative estimate of drug-likeness (QED) is 0.607. The topological polar surface area (TPSA) is 34.9 Å². The predicted molar refractivity (Wildman–Crippen MR) is 91.1 cm³/mol. The highest BCUT2D eigenvalue weighted by atomic mass is 16.1. The van der Waals surface area contributed by atoms with E-state index in [-0.39, 0.29) is 17.2 Å². The average molecular weight is 296 g/mol. The molecule has 0 amide bonds. The molecule has 2 rings (SSSR count). The molecule has 0 unspecified atom stereocenters. The summed E-state index contributed by atoms with van der Waals surface area (Å²) in [5.74, 6) is -0.0215. The van der Waals surface area contributed by atoms with Crippen LogP contribution in [0.4, 0.5) is 0 Å². The zero-order valence-electron chi connectivity index (χ0n) is 14.0. The zero-order valence-corrected chi connectivity index (χ0v) is 14.0. The van der Waals surface area contributed by atoms with Gasteiger partial charge in [-0.1, -0.05) is 51.1 Å². The summed E-state index contributed by atoms with van der Waals surface area (Å²) in [6.07, 6.45) is 6.87. The van der Waals surface area contributed by atoms with Crippen LogP contribution in [-0.4, -0.2) is 15.6 Å². The van der Waals surface area contributed by atoms with E-state index >= 15 is 0 Å². The molecular formula is C19H24N2O. The van der Waals surface area contributed by atoms with Gasteiger partial charge in [-0.05, 0) is 36.5 Å². The lowest BCUT2D eigenvalue weighted by molar-refractivity contribution is 0.104. The van der Waals surface area contributed by atoms with Gasteiger partial charge in [0.1, 0.15) is 0 Å². The molecule has 0 spiro atoms. The number of allylic oxidation sites excluding steroid dienone is 1. The fraction of sp³-hybridized carbons (Fsp3) is 0.368. The third kappa shape index (κ3) is 3.94. The summed E-state index contributed by atoms with van der Waals surface area (Å²) in [4.78, 5) is 12.1. The maximum atomic E-state index is 12.1. The van der Waals surface area contributed by atoms with Crippen molar-refractivity contribution in [3.05, 3.63) is 59.4 Å². The van der Waals surface area contributed by atoms with Gasteiger partial charge in [-0.2, -0.15) is 5.10 Å². The monoisotopic (exact) mass is 296 g/mol. The first-order valence-electron chi connectivity index (χ1n) is 7.64. The van der Waals surface area contributed by atoms with Crippen LogP contribution in [0.1, 0.15) is 62.1 Å². The number of rotatable bonds is 4. The first-order chi connectivity index (χ1) is 10.3. The SMILES string of the molecule is CC(C)n1cc(C(=O)/C=C\c2ccc(C(C)(C)C)cc2)cn1. The highest BCUT2D eigenvalue weighted by Gasteiger charge is 2.12. The first-order valence-corrected chi connectivity index (χ1v) is 7.64. The minimum atomic E-state index is -0.0215. The van der Waals surface area contributed by atoms with Crippen LogP contribution in [0.3, 0.4) is 0 Å². The van der Waals surface area contributed by atoms with E-state index in [0.29, 0.717) is 5.56 Å². The van der Waals surface area contributed by atoms with Crippen molar-refractivity contribution in [2.45, 2.75) is 46.1 Å². The van der Waals surface area contributed by atoms with Gasteiger partial charge >= 0.3 is 0 Å². The van der Waals surface area contributed by atoms with E-state index in [1.54, 1.807) is 23.2 Å². The van der Waals surface area contributed by atoms with Crippen molar-refractivity contribution in [1.29, 1.82) is 0 Å². The Bertz CT molecular complexity index is 670. The van der Waals surface area contributed by atoms with E-state index in [0.717, 1.165) is 5.56 Å². The molecule has 3 heteroatoms. The molecule has 0 aliphatic rings. The predicted octanol–water partition coefficient (Wildman–Crippen LogP) is 4.66. The van der Waals surface area contributed by atoms with E-state index in [1.807, 2.05) is 32.1 Å². The Morgan fingerprint density at radius 1 is 1.18 bits per heavy atom. The van der Waals surface area contributed by atoms with Gasteiger partial charge in [0.25, 0.3) is 0 Å². The molecule has 0 radical (unpaired) electrons. The molecule has 0 fully saturated rings. The fourth-order valence-electron chi connectivity index (χ4n) is 2.11. The Balaban J connectivity index is 2.09. The lowest BCUT2D eigenvalue weighted by atomic mass is 9.87. The molecule has 3 nitrogen and oxygen atoms in total. The van der Waals surface area contributed by atoms with Gasteiger partial charge in [0.2, 0.25) is 0 Å². The van der Waals surface area contributed by atoms with Crippen LogP contribution < -0.4 is 0 Å². The number of carbonyl (C=O) groups is 1. The van der Waals surface area contributed by atoms with Gasteiger partial charge in [0.15, 0.2) is 5.78 Å². The summed E-state index contributed by atoms with van der Waals surface area (Å²) in [5.41, 5.74) is 3.08. The summed E-state index contributed by atoms with van der Waals surface area (Å²) >= 11 is 0. The van der Waals surface area contributed by atoms with Crippen LogP contribution in [0.5, 0.6) is 0 Å². The molecule has 0 atom stereocenters. The third-order valence-corrected chi connectivity index (χ3v) is 3.62. The van der Waals surface area contributed by atoms with Crippen LogP contribution in [0.15, 0.2) is 42.7 Å². The van der Waals surface area contributed by atoms with Crippen molar-refractivity contribution < 1.29 is 4.79 Å². The lowest BCUT2D eigenvalue weighted by Gasteiger charge is -2.18. The van der Waals surface area contributed by atoms with Gasteiger partial charge in [-0.25, -0.2) is 0 Å². The number of carbonyl (C=O) groups excluding carboxylic acids is 1. The lowest BCUT2D eigenvalue weighted by Crippen LogP contribution is -2.10. The molecule has 1 aromatic heterocycles. The van der Waals surface area contributed by atoms with E-state index < -0.39 is 0 Å². The molecule has 0 bridgehead atoms. The first kappa shape index (κ1) is 16.2. The van der Waals surface area contributed by atoms with Crippen molar-refractivity contribution in [3.8, 4) is 0 Å². The molecule has 0 saturated carbocycles. The summed E-state index contributed by atoms with van der Waals surface area (Å²) < 4.78 is 1.79. The van der Waals surface area contributed by atoms with Gasteiger partial charge in [0.05, 0.1) is 11.8 Å². The Morgan fingerprint density at radius 3 is 2.32 bits per heavy atom.